The Morgan fingerprint density at radius 2 is 2.04 bits per heavy atom. The molecule has 0 radical (unpaired) electrons. The maximum absolute atomic E-state index is 12.5. The fourth-order valence-corrected chi connectivity index (χ4v) is 2.39. The van der Waals surface area contributed by atoms with Gasteiger partial charge in [-0.05, 0) is 37.3 Å². The zero-order valence-corrected chi connectivity index (χ0v) is 12.7. The average molecular weight is 319 g/mol. The van der Waals surface area contributed by atoms with Crippen LogP contribution in [0.25, 0.3) is 22.6 Å². The summed E-state index contributed by atoms with van der Waals surface area (Å²) in [7, 11) is 1.87. The molecule has 3 aromatic rings. The first kappa shape index (κ1) is 15.2. The third-order valence-corrected chi connectivity index (χ3v) is 3.37. The topological polar surface area (TPSA) is 49.2 Å². The van der Waals surface area contributed by atoms with Crippen LogP contribution in [0.3, 0.4) is 0 Å². The van der Waals surface area contributed by atoms with Crippen molar-refractivity contribution in [3.63, 3.8) is 0 Å². The number of imidazole rings is 1. The number of aromatic nitrogens is 3. The van der Waals surface area contributed by atoms with Gasteiger partial charge in [-0.15, -0.1) is 0 Å². The van der Waals surface area contributed by atoms with Crippen LogP contribution in [-0.2, 0) is 7.05 Å². The molecule has 0 amide bonds. The summed E-state index contributed by atoms with van der Waals surface area (Å²) in [6, 6.07) is 8.51. The van der Waals surface area contributed by atoms with E-state index in [0.717, 1.165) is 11.1 Å². The van der Waals surface area contributed by atoms with Crippen LogP contribution in [0.15, 0.2) is 36.5 Å². The van der Waals surface area contributed by atoms with Crippen molar-refractivity contribution in [2.45, 2.75) is 13.5 Å². The van der Waals surface area contributed by atoms with Crippen LogP contribution in [0.1, 0.15) is 6.92 Å². The third-order valence-electron chi connectivity index (χ3n) is 3.37. The highest BCUT2D eigenvalue weighted by Crippen LogP contribution is 2.34. The molecule has 2 heterocycles. The molecule has 23 heavy (non-hydrogen) atoms. The minimum Gasteiger partial charge on any atom is -0.490 e. The predicted molar refractivity (Wildman–Crippen MR) is 81.7 cm³/mol. The lowest BCUT2D eigenvalue weighted by molar-refractivity contribution is -0.0514. The van der Waals surface area contributed by atoms with Gasteiger partial charge in [0.2, 0.25) is 0 Å². The normalized spacial score (nSPS) is 11.2. The van der Waals surface area contributed by atoms with E-state index in [2.05, 4.69) is 14.7 Å². The van der Waals surface area contributed by atoms with Crippen LogP contribution in [-0.4, -0.2) is 27.8 Å². The van der Waals surface area contributed by atoms with Gasteiger partial charge in [0, 0.05) is 18.8 Å². The van der Waals surface area contributed by atoms with Crippen molar-refractivity contribution in [3.8, 4) is 22.9 Å². The van der Waals surface area contributed by atoms with Gasteiger partial charge in [-0.2, -0.15) is 8.78 Å². The molecule has 0 N–H and O–H groups in total. The summed E-state index contributed by atoms with van der Waals surface area (Å²) < 4.78 is 36.7. The number of benzene rings is 1. The summed E-state index contributed by atoms with van der Waals surface area (Å²) in [4.78, 5) is 8.70. The Labute approximate surface area is 131 Å². The standard InChI is InChI=1S/C16H15F2N3O2/c1-3-22-13-9-10(6-7-12(13)23-16(17)18)15-20-14-11(21(15)2)5-4-8-19-14/h4-9,16H,3H2,1-2H3. The number of fused-ring (bicyclic) bond motifs is 1. The van der Waals surface area contributed by atoms with Crippen molar-refractivity contribution in [2.24, 2.45) is 7.05 Å². The summed E-state index contributed by atoms with van der Waals surface area (Å²) >= 11 is 0. The molecule has 0 spiro atoms. The van der Waals surface area contributed by atoms with E-state index < -0.39 is 6.61 Å². The lowest BCUT2D eigenvalue weighted by atomic mass is 10.2. The lowest BCUT2D eigenvalue weighted by Gasteiger charge is -2.12. The van der Waals surface area contributed by atoms with E-state index in [-0.39, 0.29) is 11.5 Å². The lowest BCUT2D eigenvalue weighted by Crippen LogP contribution is -2.05. The van der Waals surface area contributed by atoms with Gasteiger partial charge < -0.3 is 14.0 Å². The van der Waals surface area contributed by atoms with Crippen LogP contribution in [0, 0.1) is 0 Å². The minimum atomic E-state index is -2.90. The van der Waals surface area contributed by atoms with Crippen molar-refractivity contribution in [2.75, 3.05) is 6.61 Å². The second-order valence-corrected chi connectivity index (χ2v) is 4.81. The van der Waals surface area contributed by atoms with E-state index in [1.165, 1.54) is 6.07 Å². The Bertz CT molecular complexity index is 833. The van der Waals surface area contributed by atoms with Gasteiger partial charge >= 0.3 is 6.61 Å². The van der Waals surface area contributed by atoms with Crippen LogP contribution < -0.4 is 9.47 Å². The van der Waals surface area contributed by atoms with Gasteiger partial charge in [0.25, 0.3) is 0 Å². The van der Waals surface area contributed by atoms with E-state index in [4.69, 9.17) is 4.74 Å². The number of alkyl halides is 2. The predicted octanol–water partition coefficient (Wildman–Crippen LogP) is 3.64. The molecular weight excluding hydrogens is 304 g/mol. The molecule has 1 aromatic carbocycles. The smallest absolute Gasteiger partial charge is 0.387 e. The maximum atomic E-state index is 12.5. The monoisotopic (exact) mass is 319 g/mol. The van der Waals surface area contributed by atoms with Crippen LogP contribution in [0.4, 0.5) is 8.78 Å². The van der Waals surface area contributed by atoms with E-state index in [1.807, 2.05) is 23.7 Å². The van der Waals surface area contributed by atoms with E-state index in [0.29, 0.717) is 18.1 Å². The Kier molecular flexibility index (Phi) is 4.10. The second kappa shape index (κ2) is 6.20. The van der Waals surface area contributed by atoms with Gasteiger partial charge in [-0.3, -0.25) is 0 Å². The van der Waals surface area contributed by atoms with E-state index in [9.17, 15) is 8.78 Å². The van der Waals surface area contributed by atoms with Crippen molar-refractivity contribution in [1.82, 2.24) is 14.5 Å². The van der Waals surface area contributed by atoms with Crippen LogP contribution in [0.2, 0.25) is 0 Å². The second-order valence-electron chi connectivity index (χ2n) is 4.81. The molecule has 7 heteroatoms. The molecule has 0 fully saturated rings. The molecule has 0 bridgehead atoms. The van der Waals surface area contributed by atoms with Gasteiger partial charge in [0.15, 0.2) is 17.1 Å². The summed E-state index contributed by atoms with van der Waals surface area (Å²) in [5, 5.41) is 0. The van der Waals surface area contributed by atoms with Crippen LogP contribution >= 0.6 is 0 Å². The largest absolute Gasteiger partial charge is 0.490 e. The number of hydrogen-bond acceptors (Lipinski definition) is 4. The average Bonchev–Trinajstić information content (AvgIpc) is 2.86. The molecule has 5 nitrogen and oxygen atoms in total. The molecule has 120 valence electrons. The summed E-state index contributed by atoms with van der Waals surface area (Å²) in [5.41, 5.74) is 2.24. The van der Waals surface area contributed by atoms with Gasteiger partial charge in [0.05, 0.1) is 12.1 Å². The molecule has 0 saturated carbocycles. The van der Waals surface area contributed by atoms with Crippen LogP contribution in [0.5, 0.6) is 11.5 Å². The molecule has 0 aliphatic rings. The fraction of sp³-hybridized carbons (Fsp3) is 0.250. The van der Waals surface area contributed by atoms with E-state index >= 15 is 0 Å². The zero-order chi connectivity index (χ0) is 16.4. The Morgan fingerprint density at radius 1 is 1.22 bits per heavy atom. The Hall–Kier alpha value is -2.70. The molecule has 0 aliphatic heterocycles. The molecule has 3 rings (SSSR count). The quantitative estimate of drug-likeness (QED) is 0.720. The summed E-state index contributed by atoms with van der Waals surface area (Å²) in [6.07, 6.45) is 1.67. The maximum Gasteiger partial charge on any atom is 0.387 e. The van der Waals surface area contributed by atoms with Crippen molar-refractivity contribution < 1.29 is 18.3 Å². The molecule has 0 aliphatic carbocycles. The molecule has 2 aromatic heterocycles. The molecule has 0 unspecified atom stereocenters. The van der Waals surface area contributed by atoms with Gasteiger partial charge in [-0.25, -0.2) is 9.97 Å². The number of halogens is 2. The highest BCUT2D eigenvalue weighted by atomic mass is 19.3. The first-order chi connectivity index (χ1) is 11.1. The Morgan fingerprint density at radius 3 is 2.74 bits per heavy atom. The first-order valence-corrected chi connectivity index (χ1v) is 7.09. The molecule has 0 saturated heterocycles. The highest BCUT2D eigenvalue weighted by molar-refractivity contribution is 5.77. The zero-order valence-electron chi connectivity index (χ0n) is 12.7. The molecular formula is C16H15F2N3O2. The number of nitrogens with zero attached hydrogens (tertiary/aromatic N) is 3. The van der Waals surface area contributed by atoms with Crippen molar-refractivity contribution in [1.29, 1.82) is 0 Å². The van der Waals surface area contributed by atoms with Crippen molar-refractivity contribution in [3.05, 3.63) is 36.5 Å². The number of rotatable bonds is 5. The third kappa shape index (κ3) is 2.94. The summed E-state index contributed by atoms with van der Waals surface area (Å²) in [5.74, 6) is 0.927. The number of hydrogen-bond donors (Lipinski definition) is 0. The van der Waals surface area contributed by atoms with E-state index in [1.54, 1.807) is 25.3 Å². The number of aryl methyl sites for hydroxylation is 1. The highest BCUT2D eigenvalue weighted by Gasteiger charge is 2.15. The number of ether oxygens (including phenoxy) is 2. The van der Waals surface area contributed by atoms with Crippen molar-refractivity contribution >= 4 is 11.2 Å². The minimum absolute atomic E-state index is 0.00230. The Balaban J connectivity index is 2.08. The number of pyridine rings is 1. The fourth-order valence-electron chi connectivity index (χ4n) is 2.39. The SMILES string of the molecule is CCOc1cc(-c2nc3ncccc3n2C)ccc1OC(F)F. The van der Waals surface area contributed by atoms with Gasteiger partial charge in [-0.1, -0.05) is 0 Å². The molecule has 0 atom stereocenters. The summed E-state index contributed by atoms with van der Waals surface area (Å²) in [6.45, 7) is -0.787. The van der Waals surface area contributed by atoms with Gasteiger partial charge in [0.1, 0.15) is 5.82 Å². The first-order valence-electron chi connectivity index (χ1n) is 7.09.